The Bertz CT molecular complexity index is 634. The van der Waals surface area contributed by atoms with Gasteiger partial charge in [0.1, 0.15) is 0 Å². The largest absolute Gasteiger partial charge is 0.364 e. The fourth-order valence-electron chi connectivity index (χ4n) is 1.69. The molecule has 0 saturated carbocycles. The molecule has 1 aromatic rings. The molecule has 0 spiro atoms. The third-order valence-electron chi connectivity index (χ3n) is 2.63. The van der Waals surface area contributed by atoms with Crippen molar-refractivity contribution in [3.05, 3.63) is 32.6 Å². The van der Waals surface area contributed by atoms with Crippen LogP contribution in [0.5, 0.6) is 0 Å². The van der Waals surface area contributed by atoms with Crippen molar-refractivity contribution < 1.29 is 19.1 Å². The minimum absolute atomic E-state index is 0.0284. The molecule has 2 rings (SSSR count). The second kappa shape index (κ2) is 5.26. The van der Waals surface area contributed by atoms with E-state index in [1.54, 1.807) is 6.92 Å². The van der Waals surface area contributed by atoms with Crippen LogP contribution in [-0.4, -0.2) is 36.4 Å². The highest BCUT2D eigenvalue weighted by molar-refractivity contribution is 8.05. The summed E-state index contributed by atoms with van der Waals surface area (Å²) in [5, 5.41) is -1.22. The van der Waals surface area contributed by atoms with Crippen LogP contribution < -0.4 is 11.2 Å². The summed E-state index contributed by atoms with van der Waals surface area (Å²) >= 11 is 0.980. The molecule has 19 heavy (non-hydrogen) atoms. The summed E-state index contributed by atoms with van der Waals surface area (Å²) in [6.45, 7) is 1.54. The molecule has 1 aliphatic heterocycles. The average molecular weight is 308 g/mol. The second-order valence-electron chi connectivity index (χ2n) is 4.18. The van der Waals surface area contributed by atoms with E-state index in [-0.39, 0.29) is 6.54 Å². The first-order valence-corrected chi connectivity index (χ1v) is 8.13. The molecule has 0 aromatic carbocycles. The van der Waals surface area contributed by atoms with Gasteiger partial charge in [-0.25, -0.2) is 4.79 Å². The number of hydrogen-bond acceptors (Lipinski definition) is 5. The van der Waals surface area contributed by atoms with Crippen LogP contribution >= 0.6 is 19.4 Å². The summed E-state index contributed by atoms with van der Waals surface area (Å²) in [5.41, 5.74) is -0.613. The number of thioether (sulfide) groups is 1. The Balaban J connectivity index is 2.17. The lowest BCUT2D eigenvalue weighted by Gasteiger charge is -2.14. The van der Waals surface area contributed by atoms with Gasteiger partial charge in [-0.05, 0) is 6.92 Å². The molecule has 8 nitrogen and oxygen atoms in total. The number of H-pyrrole nitrogens is 1. The lowest BCUT2D eigenvalue weighted by atomic mass is 10.3. The Kier molecular flexibility index (Phi) is 4.03. The molecular weight excluding hydrogens is 295 g/mol. The van der Waals surface area contributed by atoms with Crippen LogP contribution in [0, 0.1) is 6.92 Å². The maximum Gasteiger partial charge on any atom is 0.364 e. The maximum atomic E-state index is 11.8. The molecule has 1 saturated heterocycles. The molecule has 1 aromatic heterocycles. The van der Waals surface area contributed by atoms with E-state index < -0.39 is 30.1 Å². The van der Waals surface area contributed by atoms with Gasteiger partial charge in [-0.2, -0.15) is 0 Å². The van der Waals surface area contributed by atoms with Crippen LogP contribution in [0.25, 0.3) is 0 Å². The predicted molar refractivity (Wildman–Crippen MR) is 69.2 cm³/mol. The summed E-state index contributed by atoms with van der Waals surface area (Å²) in [6.07, 6.45) is 0.743. The van der Waals surface area contributed by atoms with Crippen molar-refractivity contribution in [3.8, 4) is 0 Å². The molecule has 1 fully saturated rings. The smallest absolute Gasteiger partial charge is 0.349 e. The summed E-state index contributed by atoms with van der Waals surface area (Å²) in [7, 11) is -4.32. The van der Waals surface area contributed by atoms with Crippen molar-refractivity contribution in [3.63, 3.8) is 0 Å². The van der Waals surface area contributed by atoms with Crippen molar-refractivity contribution in [1.29, 1.82) is 0 Å². The van der Waals surface area contributed by atoms with Gasteiger partial charge in [-0.1, -0.05) is 0 Å². The predicted octanol–water partition coefficient (Wildman–Crippen LogP) is -0.562. The van der Waals surface area contributed by atoms with Gasteiger partial charge in [-0.15, -0.1) is 11.8 Å². The summed E-state index contributed by atoms with van der Waals surface area (Å²) < 4.78 is 17.2. The zero-order chi connectivity index (χ0) is 14.2. The lowest BCUT2D eigenvalue weighted by molar-refractivity contribution is 0.0754. The molecule has 1 aliphatic rings. The van der Waals surface area contributed by atoms with Crippen molar-refractivity contribution in [1.82, 2.24) is 9.55 Å². The van der Waals surface area contributed by atoms with Gasteiger partial charge >= 0.3 is 13.3 Å². The van der Waals surface area contributed by atoms with Gasteiger partial charge < -0.3 is 19.5 Å². The normalized spacial score (nSPS) is 23.7. The van der Waals surface area contributed by atoms with E-state index in [9.17, 15) is 14.2 Å². The monoisotopic (exact) mass is 308 g/mol. The molecule has 2 atom stereocenters. The van der Waals surface area contributed by atoms with Gasteiger partial charge in [-0.3, -0.25) is 13.9 Å². The van der Waals surface area contributed by atoms with Crippen molar-refractivity contribution in [2.45, 2.75) is 24.7 Å². The number of ether oxygens (including phenoxy) is 1. The summed E-state index contributed by atoms with van der Waals surface area (Å²) in [5.74, 6) is 0.315. The highest BCUT2D eigenvalue weighted by Crippen LogP contribution is 2.51. The first-order chi connectivity index (χ1) is 8.79. The van der Waals surface area contributed by atoms with E-state index >= 15 is 0 Å². The van der Waals surface area contributed by atoms with Crippen LogP contribution in [0.4, 0.5) is 0 Å². The molecule has 0 amide bonds. The topological polar surface area (TPSA) is 122 Å². The maximum absolute atomic E-state index is 11.8. The molecule has 0 aliphatic carbocycles. The second-order valence-corrected chi connectivity index (χ2v) is 7.27. The first kappa shape index (κ1) is 14.5. The van der Waals surface area contributed by atoms with Gasteiger partial charge in [0.05, 0.1) is 12.6 Å². The molecule has 3 N–H and O–H groups in total. The number of rotatable bonds is 3. The van der Waals surface area contributed by atoms with E-state index in [0.29, 0.717) is 11.3 Å². The molecule has 106 valence electrons. The minimum Gasteiger partial charge on any atom is -0.349 e. The molecule has 0 unspecified atom stereocenters. The van der Waals surface area contributed by atoms with Gasteiger partial charge in [0.2, 0.25) is 5.18 Å². The Morgan fingerprint density at radius 3 is 2.84 bits per heavy atom. The first-order valence-electron chi connectivity index (χ1n) is 5.40. The zero-order valence-electron chi connectivity index (χ0n) is 9.98. The van der Waals surface area contributed by atoms with E-state index in [2.05, 4.69) is 4.98 Å². The molecule has 0 bridgehead atoms. The van der Waals surface area contributed by atoms with Gasteiger partial charge in [0.15, 0.2) is 0 Å². The fraction of sp³-hybridized carbons (Fsp3) is 0.556. The third-order valence-corrected chi connectivity index (χ3v) is 5.54. The molecule has 2 heterocycles. The Morgan fingerprint density at radius 1 is 1.58 bits per heavy atom. The Hall–Kier alpha value is -0.860. The number of nitrogens with zero attached hydrogens (tertiary/aromatic N) is 1. The fourth-order valence-corrected chi connectivity index (χ4v) is 3.85. The number of nitrogens with one attached hydrogen (secondary N) is 1. The molecule has 10 heteroatoms. The number of hydrogen-bond donors (Lipinski definition) is 3. The molecule has 0 radical (unpaired) electrons. The van der Waals surface area contributed by atoms with Crippen LogP contribution in [-0.2, 0) is 15.8 Å². The number of aryl methyl sites for hydroxylation is 1. The van der Waals surface area contributed by atoms with Gasteiger partial charge in [0, 0.05) is 17.5 Å². The van der Waals surface area contributed by atoms with Crippen molar-refractivity contribution in [2.24, 2.45) is 0 Å². The van der Waals surface area contributed by atoms with E-state index in [1.807, 2.05) is 0 Å². The average Bonchev–Trinajstić information content (AvgIpc) is 2.78. The summed E-state index contributed by atoms with van der Waals surface area (Å²) in [4.78, 5) is 43.7. The molecular formula is C9H13N2O6PS. The minimum atomic E-state index is -4.32. The van der Waals surface area contributed by atoms with Crippen LogP contribution in [0.2, 0.25) is 0 Å². The van der Waals surface area contributed by atoms with Crippen molar-refractivity contribution >= 4 is 19.4 Å². The SMILES string of the molecule is Cc1c[nH]c(=O)n(C[C@H]2CS[C@H](P(=O)(O)O)O2)c1=O. The van der Waals surface area contributed by atoms with Crippen molar-refractivity contribution in [2.75, 3.05) is 5.75 Å². The zero-order valence-corrected chi connectivity index (χ0v) is 11.7. The number of aromatic amines is 1. The lowest BCUT2D eigenvalue weighted by Crippen LogP contribution is -2.39. The highest BCUT2D eigenvalue weighted by atomic mass is 32.2. The standard InChI is InChI=1S/C9H13N2O6PS/c1-5-2-10-8(13)11(7(5)12)3-6-4-19-9(17-6)18(14,15)16/h2,6,9H,3-4H2,1H3,(H,10,13)(H2,14,15,16)/t6-,9-/m0/s1. The van der Waals surface area contributed by atoms with Crippen LogP contribution in [0.15, 0.2) is 15.8 Å². The highest BCUT2D eigenvalue weighted by Gasteiger charge is 2.38. The third kappa shape index (κ3) is 3.18. The summed E-state index contributed by atoms with van der Waals surface area (Å²) in [6, 6.07) is 0. The Labute approximate surface area is 112 Å². The van der Waals surface area contributed by atoms with E-state index in [4.69, 9.17) is 14.5 Å². The van der Waals surface area contributed by atoms with Gasteiger partial charge in [0.25, 0.3) is 5.56 Å². The van der Waals surface area contributed by atoms with E-state index in [1.165, 1.54) is 6.20 Å². The Morgan fingerprint density at radius 2 is 2.26 bits per heavy atom. The number of aromatic nitrogens is 2. The van der Waals surface area contributed by atoms with E-state index in [0.717, 1.165) is 16.3 Å². The quantitative estimate of drug-likeness (QED) is 0.640. The van der Waals surface area contributed by atoms with Crippen LogP contribution in [0.1, 0.15) is 5.56 Å². The van der Waals surface area contributed by atoms with Crippen LogP contribution in [0.3, 0.4) is 0 Å².